The van der Waals surface area contributed by atoms with Crippen molar-refractivity contribution < 1.29 is 14.0 Å². The Balaban J connectivity index is 1.32. The number of likely N-dealkylation sites (tertiary alicyclic amines) is 1. The van der Waals surface area contributed by atoms with Gasteiger partial charge in [-0.2, -0.15) is 0 Å². The van der Waals surface area contributed by atoms with E-state index in [2.05, 4.69) is 27.0 Å². The third-order valence-corrected chi connectivity index (χ3v) is 11.9. The van der Waals surface area contributed by atoms with Gasteiger partial charge >= 0.3 is 0 Å². The second kappa shape index (κ2) is 11.9. The molecule has 5 aliphatic rings. The second-order valence-electron chi connectivity index (χ2n) is 13.8. The number of carbonyl (C=O) groups is 2. The van der Waals surface area contributed by atoms with Crippen molar-refractivity contribution in [1.29, 1.82) is 0 Å². The first-order valence-corrected chi connectivity index (χ1v) is 17.7. The maximum atomic E-state index is 15.0. The van der Waals surface area contributed by atoms with Crippen LogP contribution in [0.1, 0.15) is 70.5 Å². The number of allylic oxidation sites excluding steroid dienone is 1. The number of thioether (sulfide) groups is 1. The molecule has 4 aliphatic heterocycles. The van der Waals surface area contributed by atoms with E-state index in [4.69, 9.17) is 28.2 Å². The number of benzene rings is 1. The highest BCUT2D eigenvalue weighted by Gasteiger charge is 2.55. The van der Waals surface area contributed by atoms with Gasteiger partial charge in [0.25, 0.3) is 0 Å². The standard InChI is InChI=1S/C34H39Cl2FN6O2S/c1-19(2)26-29(28(44)27(42-14-5-6-20(42)3)31(45)41-15-13-39-34(18-41)11-12-34)46-32-40-33(4,22-8-10-25(36)38-17-22)30(43(26)32)21-7-9-23(35)24(37)16-21/h7-10,16-17,19-20,27,30,39H,5-6,11-15,18H2,1-4H3/t20-,27?,30-,33+/m1/s1. The number of carbonyl (C=O) groups excluding carboxylic acids is 2. The van der Waals surface area contributed by atoms with Crippen molar-refractivity contribution in [3.05, 3.63) is 74.3 Å². The number of rotatable bonds is 7. The Morgan fingerprint density at radius 2 is 1.93 bits per heavy atom. The summed E-state index contributed by atoms with van der Waals surface area (Å²) in [6, 6.07) is 7.15. The maximum Gasteiger partial charge on any atom is 0.248 e. The molecule has 7 rings (SSSR count). The number of Topliss-reactive ketones (excluding diaryl/α,β-unsaturated/α-hetero) is 1. The van der Waals surface area contributed by atoms with Crippen LogP contribution in [-0.2, 0) is 15.1 Å². The molecule has 2 aromatic rings. The molecule has 46 heavy (non-hydrogen) atoms. The van der Waals surface area contributed by atoms with Crippen LogP contribution in [0.25, 0.3) is 0 Å². The zero-order chi connectivity index (χ0) is 32.5. The average molecular weight is 686 g/mol. The maximum absolute atomic E-state index is 15.0. The van der Waals surface area contributed by atoms with E-state index >= 15 is 4.39 Å². The Hall–Kier alpha value is -2.50. The molecule has 244 valence electrons. The molecule has 0 radical (unpaired) electrons. The van der Waals surface area contributed by atoms with Gasteiger partial charge in [0.2, 0.25) is 5.91 Å². The second-order valence-corrected chi connectivity index (χ2v) is 15.6. The van der Waals surface area contributed by atoms with Gasteiger partial charge in [-0.1, -0.05) is 49.2 Å². The number of piperazine rings is 1. The van der Waals surface area contributed by atoms with E-state index in [1.165, 1.54) is 17.8 Å². The van der Waals surface area contributed by atoms with E-state index in [-0.39, 0.29) is 34.2 Å². The molecular formula is C34H39Cl2FN6O2S. The number of halogens is 3. The summed E-state index contributed by atoms with van der Waals surface area (Å²) in [5.74, 6) is -0.903. The predicted octanol–water partition coefficient (Wildman–Crippen LogP) is 6.16. The number of ketones is 1. The summed E-state index contributed by atoms with van der Waals surface area (Å²) < 4.78 is 15.0. The highest BCUT2D eigenvalue weighted by molar-refractivity contribution is 8.18. The van der Waals surface area contributed by atoms with E-state index < -0.39 is 23.4 Å². The Morgan fingerprint density at radius 1 is 1.15 bits per heavy atom. The number of amides is 1. The minimum atomic E-state index is -0.901. The third kappa shape index (κ3) is 5.38. The van der Waals surface area contributed by atoms with E-state index in [0.717, 1.165) is 43.5 Å². The van der Waals surface area contributed by atoms with Gasteiger partial charge in [0.1, 0.15) is 16.5 Å². The van der Waals surface area contributed by atoms with Crippen LogP contribution >= 0.6 is 35.0 Å². The molecule has 1 spiro atoms. The summed E-state index contributed by atoms with van der Waals surface area (Å²) in [7, 11) is 0. The Bertz CT molecular complexity index is 1650. The molecule has 1 aromatic heterocycles. The lowest BCUT2D eigenvalue weighted by molar-refractivity contribution is -0.143. The number of aliphatic imine (C=N–C) groups is 1. The van der Waals surface area contributed by atoms with Gasteiger partial charge in [0, 0.05) is 48.7 Å². The van der Waals surface area contributed by atoms with Gasteiger partial charge in [-0.15, -0.1) is 0 Å². The lowest BCUT2D eigenvalue weighted by Gasteiger charge is -2.39. The van der Waals surface area contributed by atoms with Crippen LogP contribution in [0, 0.1) is 11.7 Å². The number of hydrogen-bond donors (Lipinski definition) is 1. The molecular weight excluding hydrogens is 646 g/mol. The number of amidine groups is 1. The van der Waals surface area contributed by atoms with Crippen molar-refractivity contribution in [3.8, 4) is 0 Å². The molecule has 4 atom stereocenters. The molecule has 12 heteroatoms. The van der Waals surface area contributed by atoms with Crippen LogP contribution in [0.4, 0.5) is 4.39 Å². The smallest absolute Gasteiger partial charge is 0.248 e. The Morgan fingerprint density at radius 3 is 2.57 bits per heavy atom. The molecule has 1 unspecified atom stereocenters. The zero-order valence-electron chi connectivity index (χ0n) is 26.5. The number of fused-ring (bicyclic) bond motifs is 1. The van der Waals surface area contributed by atoms with Crippen LogP contribution in [0.3, 0.4) is 0 Å². The van der Waals surface area contributed by atoms with Crippen LogP contribution in [0.5, 0.6) is 0 Å². The summed E-state index contributed by atoms with van der Waals surface area (Å²) in [5, 5.41) is 4.62. The van der Waals surface area contributed by atoms with Gasteiger partial charge in [-0.05, 0) is 87.5 Å². The largest absolute Gasteiger partial charge is 0.338 e. The Kier molecular flexibility index (Phi) is 8.28. The Labute approximate surface area is 283 Å². The van der Waals surface area contributed by atoms with Crippen molar-refractivity contribution in [1.82, 2.24) is 25.0 Å². The molecule has 5 heterocycles. The molecule has 1 amide bonds. The van der Waals surface area contributed by atoms with Crippen LogP contribution in [-0.4, -0.2) is 80.3 Å². The van der Waals surface area contributed by atoms with Crippen molar-refractivity contribution in [2.75, 3.05) is 26.2 Å². The van der Waals surface area contributed by atoms with E-state index in [0.29, 0.717) is 40.4 Å². The minimum Gasteiger partial charge on any atom is -0.338 e. The van der Waals surface area contributed by atoms with Crippen molar-refractivity contribution in [2.45, 2.75) is 82.6 Å². The van der Waals surface area contributed by atoms with Crippen molar-refractivity contribution in [2.24, 2.45) is 10.9 Å². The number of nitrogens with zero attached hydrogens (tertiary/aromatic N) is 5. The quantitative estimate of drug-likeness (QED) is 0.277. The van der Waals surface area contributed by atoms with Crippen LogP contribution in [0.2, 0.25) is 10.2 Å². The molecule has 1 aromatic carbocycles. The molecule has 1 N–H and O–H groups in total. The lowest BCUT2D eigenvalue weighted by Crippen LogP contribution is -2.60. The highest BCUT2D eigenvalue weighted by Crippen LogP contribution is 2.56. The minimum absolute atomic E-state index is 0.00210. The zero-order valence-corrected chi connectivity index (χ0v) is 28.9. The molecule has 2 saturated heterocycles. The van der Waals surface area contributed by atoms with Crippen LogP contribution < -0.4 is 5.32 Å². The number of aromatic nitrogens is 1. The number of nitrogens with one attached hydrogen (secondary N) is 1. The van der Waals surface area contributed by atoms with Gasteiger partial charge in [0.05, 0.1) is 16.0 Å². The average Bonchev–Trinajstić information content (AvgIpc) is 3.31. The van der Waals surface area contributed by atoms with Gasteiger partial charge < -0.3 is 15.1 Å². The van der Waals surface area contributed by atoms with E-state index in [1.807, 2.05) is 37.8 Å². The van der Waals surface area contributed by atoms with E-state index in [9.17, 15) is 9.59 Å². The SMILES string of the molecule is CC(C)C1=C(C(=O)C(C(=O)N2CCNC3(CC3)C2)N2CCC[C@H]2C)SC2=N[C@@](C)(c3ccc(Cl)nc3)[C@@H](c3ccc(Cl)c(F)c3)N21. The first kappa shape index (κ1) is 32.1. The molecule has 8 nitrogen and oxygen atoms in total. The van der Waals surface area contributed by atoms with Crippen LogP contribution in [0.15, 0.2) is 52.1 Å². The van der Waals surface area contributed by atoms with Gasteiger partial charge in [-0.3, -0.25) is 14.5 Å². The summed E-state index contributed by atoms with van der Waals surface area (Å²) in [5.41, 5.74) is 1.39. The first-order chi connectivity index (χ1) is 21.9. The normalized spacial score (nSPS) is 27.9. The fourth-order valence-electron chi connectivity index (χ4n) is 7.68. The number of hydrogen-bond acceptors (Lipinski definition) is 8. The first-order valence-electron chi connectivity index (χ1n) is 16.1. The summed E-state index contributed by atoms with van der Waals surface area (Å²) in [6.45, 7) is 10.9. The fourth-order valence-corrected chi connectivity index (χ4v) is 9.28. The summed E-state index contributed by atoms with van der Waals surface area (Å²) in [6.07, 6.45) is 5.70. The summed E-state index contributed by atoms with van der Waals surface area (Å²) in [4.78, 5) is 45.6. The molecule has 1 saturated carbocycles. The topological polar surface area (TPSA) is 81.1 Å². The van der Waals surface area contributed by atoms with Crippen molar-refractivity contribution >= 4 is 51.8 Å². The summed E-state index contributed by atoms with van der Waals surface area (Å²) >= 11 is 13.6. The van der Waals surface area contributed by atoms with E-state index in [1.54, 1.807) is 18.3 Å². The lowest BCUT2D eigenvalue weighted by atomic mass is 9.81. The molecule has 3 fully saturated rings. The van der Waals surface area contributed by atoms with Gasteiger partial charge in [-0.25, -0.2) is 14.4 Å². The molecule has 0 bridgehead atoms. The number of pyridine rings is 1. The predicted molar refractivity (Wildman–Crippen MR) is 180 cm³/mol. The molecule has 1 aliphatic carbocycles. The monoisotopic (exact) mass is 684 g/mol. The highest BCUT2D eigenvalue weighted by atomic mass is 35.5. The fraction of sp³-hybridized carbons (Fsp3) is 0.529. The third-order valence-electron chi connectivity index (χ3n) is 10.3. The van der Waals surface area contributed by atoms with Gasteiger partial charge in [0.15, 0.2) is 17.0 Å². The van der Waals surface area contributed by atoms with Crippen molar-refractivity contribution in [3.63, 3.8) is 0 Å².